The summed E-state index contributed by atoms with van der Waals surface area (Å²) in [6.45, 7) is 5.15. The maximum absolute atomic E-state index is 13.8. The minimum absolute atomic E-state index is 0.00245. The average molecular weight is 302 g/mol. The first-order valence-corrected chi connectivity index (χ1v) is 6.43. The first-order valence-electron chi connectivity index (χ1n) is 5.90. The van der Waals surface area contributed by atoms with Gasteiger partial charge >= 0.3 is 6.09 Å². The predicted octanol–water partition coefficient (Wildman–Crippen LogP) is 3.40. The minimum Gasteiger partial charge on any atom is -0.444 e. The van der Waals surface area contributed by atoms with Crippen molar-refractivity contribution in [2.75, 3.05) is 11.2 Å². The van der Waals surface area contributed by atoms with Crippen LogP contribution >= 0.6 is 11.6 Å². The number of anilines is 1. The van der Waals surface area contributed by atoms with Gasteiger partial charge in [0.05, 0.1) is 17.3 Å². The highest BCUT2D eigenvalue weighted by Gasteiger charge is 2.17. The fraction of sp³-hybridized carbons (Fsp3) is 0.385. The molecule has 0 aliphatic heterocycles. The lowest BCUT2D eigenvalue weighted by Crippen LogP contribution is -2.27. The second-order valence-electron chi connectivity index (χ2n) is 5.03. The van der Waals surface area contributed by atoms with E-state index >= 15 is 0 Å². The molecule has 0 bridgehead atoms. The molecule has 0 radical (unpaired) electrons. The fourth-order valence-corrected chi connectivity index (χ4v) is 1.34. The summed E-state index contributed by atoms with van der Waals surface area (Å²) in [5.41, 5.74) is 5.11. The summed E-state index contributed by atoms with van der Waals surface area (Å²) < 4.78 is 18.8. The molecular formula is C13H17ClFN3O2. The van der Waals surface area contributed by atoms with Gasteiger partial charge in [-0.2, -0.15) is 0 Å². The third kappa shape index (κ3) is 5.44. The Bertz CT molecular complexity index is 527. The van der Waals surface area contributed by atoms with Crippen molar-refractivity contribution in [1.29, 1.82) is 0 Å². The molecule has 0 aromatic heterocycles. The first kappa shape index (κ1) is 16.2. The van der Waals surface area contributed by atoms with Crippen molar-refractivity contribution < 1.29 is 13.9 Å². The van der Waals surface area contributed by atoms with E-state index in [1.807, 2.05) is 0 Å². The van der Waals surface area contributed by atoms with Crippen LogP contribution in [0, 0.1) is 5.82 Å². The quantitative estimate of drug-likeness (QED) is 0.510. The Hall–Kier alpha value is -1.82. The number of aliphatic imine (C=N–C) groups is 1. The summed E-state index contributed by atoms with van der Waals surface area (Å²) in [7, 11) is 0. The van der Waals surface area contributed by atoms with Gasteiger partial charge in [-0.15, -0.1) is 11.6 Å². The zero-order chi connectivity index (χ0) is 15.3. The van der Waals surface area contributed by atoms with Crippen LogP contribution in [0.15, 0.2) is 23.2 Å². The van der Waals surface area contributed by atoms with E-state index in [-0.39, 0.29) is 17.4 Å². The minimum atomic E-state index is -0.729. The number of nitrogens with zero attached hydrogens (tertiary/aromatic N) is 1. The standard InChI is InChI=1S/C13H17ClFN3O2/c1-13(2,3)20-12(19)18-10-5-4-8(6-9(10)15)17-11(16)7-14/h4-6H,7H2,1-3H3,(H2,16,17)(H,18,19). The molecular weight excluding hydrogens is 285 g/mol. The molecule has 0 fully saturated rings. The molecule has 0 aliphatic carbocycles. The van der Waals surface area contributed by atoms with E-state index in [9.17, 15) is 9.18 Å². The summed E-state index contributed by atoms with van der Waals surface area (Å²) in [4.78, 5) is 15.4. The Morgan fingerprint density at radius 2 is 2.15 bits per heavy atom. The molecule has 1 aromatic carbocycles. The summed E-state index contributed by atoms with van der Waals surface area (Å²) >= 11 is 5.48. The number of carbonyl (C=O) groups is 1. The Morgan fingerprint density at radius 3 is 2.65 bits per heavy atom. The number of rotatable bonds is 3. The molecule has 0 saturated heterocycles. The van der Waals surface area contributed by atoms with E-state index in [0.29, 0.717) is 5.69 Å². The normalized spacial score (nSPS) is 12.2. The number of benzene rings is 1. The number of halogens is 2. The topological polar surface area (TPSA) is 76.7 Å². The molecule has 0 atom stereocenters. The number of amides is 1. The van der Waals surface area contributed by atoms with E-state index in [1.165, 1.54) is 12.1 Å². The number of hydrogen-bond acceptors (Lipinski definition) is 3. The lowest BCUT2D eigenvalue weighted by molar-refractivity contribution is 0.0635. The van der Waals surface area contributed by atoms with Crippen LogP contribution in [0.25, 0.3) is 0 Å². The van der Waals surface area contributed by atoms with Crippen LogP contribution in [0.5, 0.6) is 0 Å². The van der Waals surface area contributed by atoms with Crippen molar-refractivity contribution >= 4 is 34.9 Å². The summed E-state index contributed by atoms with van der Waals surface area (Å²) in [6, 6.07) is 4.03. The second-order valence-corrected chi connectivity index (χ2v) is 5.30. The lowest BCUT2D eigenvalue weighted by Gasteiger charge is -2.19. The van der Waals surface area contributed by atoms with Gasteiger partial charge in [-0.3, -0.25) is 5.32 Å². The third-order valence-electron chi connectivity index (χ3n) is 2.00. The number of ether oxygens (including phenoxy) is 1. The Kier molecular flexibility index (Phi) is 5.33. The Balaban J connectivity index is 2.81. The van der Waals surface area contributed by atoms with Crippen molar-refractivity contribution in [1.82, 2.24) is 0 Å². The summed E-state index contributed by atoms with van der Waals surface area (Å²) in [5.74, 6) is -0.405. The summed E-state index contributed by atoms with van der Waals surface area (Å²) in [6.07, 6.45) is -0.729. The molecule has 20 heavy (non-hydrogen) atoms. The number of nitrogens with two attached hydrogens (primary N) is 1. The van der Waals surface area contributed by atoms with Crippen LogP contribution in [0.1, 0.15) is 20.8 Å². The summed E-state index contributed by atoms with van der Waals surface area (Å²) in [5, 5.41) is 2.32. The van der Waals surface area contributed by atoms with Crippen molar-refractivity contribution in [3.63, 3.8) is 0 Å². The van der Waals surface area contributed by atoms with Gasteiger partial charge in [-0.1, -0.05) is 0 Å². The SMILES string of the molecule is CC(C)(C)OC(=O)Nc1ccc(N=C(N)CCl)cc1F. The van der Waals surface area contributed by atoms with Gasteiger partial charge in [-0.25, -0.2) is 14.2 Å². The van der Waals surface area contributed by atoms with Crippen LogP contribution < -0.4 is 11.1 Å². The molecule has 1 rings (SSSR count). The number of amidine groups is 1. The zero-order valence-corrected chi connectivity index (χ0v) is 12.3. The molecule has 1 aromatic rings. The van der Waals surface area contributed by atoms with E-state index in [2.05, 4.69) is 10.3 Å². The van der Waals surface area contributed by atoms with Gasteiger partial charge in [0.25, 0.3) is 0 Å². The van der Waals surface area contributed by atoms with Gasteiger partial charge in [-0.05, 0) is 32.9 Å². The largest absolute Gasteiger partial charge is 0.444 e. The highest BCUT2D eigenvalue weighted by atomic mass is 35.5. The van der Waals surface area contributed by atoms with Crippen molar-refractivity contribution in [3.05, 3.63) is 24.0 Å². The molecule has 0 saturated carbocycles. The Morgan fingerprint density at radius 1 is 1.50 bits per heavy atom. The van der Waals surface area contributed by atoms with E-state index < -0.39 is 17.5 Å². The monoisotopic (exact) mass is 301 g/mol. The number of nitrogens with one attached hydrogen (secondary N) is 1. The molecule has 1 amide bonds. The van der Waals surface area contributed by atoms with E-state index in [0.717, 1.165) is 6.07 Å². The van der Waals surface area contributed by atoms with Gasteiger partial charge in [0.2, 0.25) is 0 Å². The van der Waals surface area contributed by atoms with Gasteiger partial charge in [0.1, 0.15) is 17.3 Å². The average Bonchev–Trinajstić information content (AvgIpc) is 2.30. The maximum Gasteiger partial charge on any atom is 0.412 e. The van der Waals surface area contributed by atoms with Crippen LogP contribution in [-0.4, -0.2) is 23.4 Å². The van der Waals surface area contributed by atoms with Crippen LogP contribution in [-0.2, 0) is 4.74 Å². The predicted molar refractivity (Wildman–Crippen MR) is 78.3 cm³/mol. The molecule has 0 spiro atoms. The molecule has 0 heterocycles. The molecule has 110 valence electrons. The van der Waals surface area contributed by atoms with Crippen molar-refractivity contribution in [2.24, 2.45) is 10.7 Å². The van der Waals surface area contributed by atoms with E-state index in [1.54, 1.807) is 20.8 Å². The molecule has 0 unspecified atom stereocenters. The number of carbonyl (C=O) groups excluding carboxylic acids is 1. The second kappa shape index (κ2) is 6.56. The molecule has 3 N–H and O–H groups in total. The third-order valence-corrected chi connectivity index (χ3v) is 2.27. The van der Waals surface area contributed by atoms with Crippen molar-refractivity contribution in [3.8, 4) is 0 Å². The van der Waals surface area contributed by atoms with Crippen LogP contribution in [0.3, 0.4) is 0 Å². The highest BCUT2D eigenvalue weighted by molar-refractivity contribution is 6.28. The first-order chi connectivity index (χ1) is 9.21. The number of hydrogen-bond donors (Lipinski definition) is 2. The van der Waals surface area contributed by atoms with E-state index in [4.69, 9.17) is 22.1 Å². The molecule has 5 nitrogen and oxygen atoms in total. The van der Waals surface area contributed by atoms with Gasteiger partial charge in [0.15, 0.2) is 0 Å². The van der Waals surface area contributed by atoms with Gasteiger partial charge in [0, 0.05) is 6.07 Å². The zero-order valence-electron chi connectivity index (χ0n) is 11.5. The highest BCUT2D eigenvalue weighted by Crippen LogP contribution is 2.22. The fourth-order valence-electron chi connectivity index (χ4n) is 1.28. The maximum atomic E-state index is 13.8. The number of alkyl halides is 1. The lowest BCUT2D eigenvalue weighted by atomic mass is 10.2. The molecule has 7 heteroatoms. The van der Waals surface area contributed by atoms with Gasteiger partial charge < -0.3 is 10.5 Å². The smallest absolute Gasteiger partial charge is 0.412 e. The molecule has 0 aliphatic rings. The van der Waals surface area contributed by atoms with Crippen molar-refractivity contribution in [2.45, 2.75) is 26.4 Å². The van der Waals surface area contributed by atoms with Crippen LogP contribution in [0.4, 0.5) is 20.6 Å². The Labute approximate surface area is 122 Å². The van der Waals surface area contributed by atoms with Crippen LogP contribution in [0.2, 0.25) is 0 Å².